The number of para-hydroxylation sites is 1. The van der Waals surface area contributed by atoms with Crippen LogP contribution in [0.4, 0.5) is 26.4 Å². The second kappa shape index (κ2) is 9.02. The van der Waals surface area contributed by atoms with Crippen molar-refractivity contribution >= 4 is 35.0 Å². The van der Waals surface area contributed by atoms with Crippen LogP contribution >= 0.6 is 0 Å². The van der Waals surface area contributed by atoms with Gasteiger partial charge in [0.15, 0.2) is 11.5 Å². The molecule has 1 fully saturated rings. The molecule has 0 spiro atoms. The number of aromatic amines is 1. The number of Topliss-reactive ketones (excluding diaryl/α,β-unsaturated/α-hetero) is 1. The summed E-state index contributed by atoms with van der Waals surface area (Å²) < 4.78 is 19.6. The number of nitrogens with zero attached hydrogens (tertiary/aromatic N) is 2. The molecular weight excluding hydrogens is 477 g/mol. The minimum absolute atomic E-state index is 0.126. The highest BCUT2D eigenvalue weighted by atomic mass is 19.1. The zero-order valence-electron chi connectivity index (χ0n) is 20.9. The zero-order valence-corrected chi connectivity index (χ0v) is 20.9. The fourth-order valence-electron chi connectivity index (χ4n) is 4.16. The van der Waals surface area contributed by atoms with Crippen LogP contribution in [0.5, 0.6) is 0 Å². The first-order valence-electron chi connectivity index (χ1n) is 12.1. The molecule has 2 aromatic heterocycles. The van der Waals surface area contributed by atoms with Crippen LogP contribution in [-0.4, -0.2) is 50.5 Å². The molecule has 2 amide bonds. The van der Waals surface area contributed by atoms with E-state index in [1.54, 1.807) is 32.9 Å². The number of alkyl halides is 1. The molecule has 37 heavy (non-hydrogen) atoms. The van der Waals surface area contributed by atoms with Crippen molar-refractivity contribution in [3.8, 4) is 11.3 Å². The molecule has 10 heteroatoms. The van der Waals surface area contributed by atoms with Crippen LogP contribution in [0.2, 0.25) is 0 Å². The van der Waals surface area contributed by atoms with E-state index in [9.17, 15) is 18.8 Å². The fourth-order valence-corrected chi connectivity index (χ4v) is 4.16. The van der Waals surface area contributed by atoms with Crippen LogP contribution in [0.1, 0.15) is 49.7 Å². The van der Waals surface area contributed by atoms with Gasteiger partial charge >= 0.3 is 6.09 Å². The first-order valence-corrected chi connectivity index (χ1v) is 12.1. The van der Waals surface area contributed by atoms with Gasteiger partial charge in [-0.2, -0.15) is 0 Å². The molecular formula is C27H28FN5O4. The molecule has 1 aromatic carbocycles. The van der Waals surface area contributed by atoms with Crippen LogP contribution in [0.15, 0.2) is 48.7 Å². The van der Waals surface area contributed by atoms with Gasteiger partial charge in [0.2, 0.25) is 0 Å². The number of halogens is 1. The minimum atomic E-state index is -1.83. The van der Waals surface area contributed by atoms with Gasteiger partial charge in [-0.3, -0.25) is 14.5 Å². The van der Waals surface area contributed by atoms with E-state index in [2.05, 4.69) is 20.6 Å². The Labute approximate surface area is 213 Å². The van der Waals surface area contributed by atoms with Gasteiger partial charge < -0.3 is 20.4 Å². The Hall–Kier alpha value is -4.21. The lowest BCUT2D eigenvalue weighted by atomic mass is 10.0. The summed E-state index contributed by atoms with van der Waals surface area (Å²) >= 11 is 0. The third-order valence-electron chi connectivity index (χ3n) is 6.12. The van der Waals surface area contributed by atoms with E-state index in [1.165, 1.54) is 11.1 Å². The highest BCUT2D eigenvalue weighted by Gasteiger charge is 2.51. The predicted octanol–water partition coefficient (Wildman–Crippen LogP) is 5.19. The third kappa shape index (κ3) is 5.18. The molecule has 3 aromatic rings. The maximum absolute atomic E-state index is 14.2. The normalized spacial score (nSPS) is 16.1. The van der Waals surface area contributed by atoms with Crippen molar-refractivity contribution < 1.29 is 23.5 Å². The average Bonchev–Trinajstić information content (AvgIpc) is 3.49. The lowest BCUT2D eigenvalue weighted by Gasteiger charge is -2.29. The summed E-state index contributed by atoms with van der Waals surface area (Å²) in [5.41, 5.74) is 0.983. The number of pyridine rings is 1. The van der Waals surface area contributed by atoms with Crippen molar-refractivity contribution in [3.63, 3.8) is 0 Å². The summed E-state index contributed by atoms with van der Waals surface area (Å²) in [6.07, 6.45) is 1.32. The number of aromatic nitrogens is 2. The van der Waals surface area contributed by atoms with E-state index in [0.29, 0.717) is 28.2 Å². The van der Waals surface area contributed by atoms with E-state index in [0.717, 1.165) is 5.69 Å². The summed E-state index contributed by atoms with van der Waals surface area (Å²) in [4.78, 5) is 47.0. The number of benzene rings is 1. The molecule has 0 bridgehead atoms. The number of carbonyl (C=O) groups is 3. The average molecular weight is 506 g/mol. The molecule has 1 aliphatic heterocycles. The zero-order chi connectivity index (χ0) is 26.4. The van der Waals surface area contributed by atoms with Crippen molar-refractivity contribution in [2.24, 2.45) is 0 Å². The number of amides is 2. The largest absolute Gasteiger partial charge is 0.444 e. The molecule has 1 saturated carbocycles. The summed E-state index contributed by atoms with van der Waals surface area (Å²) in [7, 11) is 0. The highest BCUT2D eigenvalue weighted by molar-refractivity contribution is 6.09. The van der Waals surface area contributed by atoms with E-state index >= 15 is 0 Å². The number of anilines is 3. The van der Waals surface area contributed by atoms with Crippen LogP contribution in [0, 0.1) is 0 Å². The molecule has 0 saturated heterocycles. The molecule has 3 heterocycles. The number of carbonyl (C=O) groups excluding carboxylic acids is 3. The Balaban J connectivity index is 1.52. The third-order valence-corrected chi connectivity index (χ3v) is 6.12. The van der Waals surface area contributed by atoms with Crippen LogP contribution < -0.4 is 10.6 Å². The van der Waals surface area contributed by atoms with Gasteiger partial charge in [-0.1, -0.05) is 18.2 Å². The summed E-state index contributed by atoms with van der Waals surface area (Å²) in [5.74, 6) is -0.760. The van der Waals surface area contributed by atoms with Crippen molar-refractivity contribution in [1.29, 1.82) is 0 Å². The van der Waals surface area contributed by atoms with Gasteiger partial charge in [0.05, 0.1) is 30.0 Å². The number of hydrogen-bond acceptors (Lipinski definition) is 6. The second-order valence-corrected chi connectivity index (χ2v) is 10.3. The molecule has 9 nitrogen and oxygen atoms in total. The molecule has 1 aliphatic carbocycles. The fraction of sp³-hybridized carbons (Fsp3) is 0.333. The van der Waals surface area contributed by atoms with Crippen molar-refractivity contribution in [1.82, 2.24) is 14.9 Å². The van der Waals surface area contributed by atoms with Gasteiger partial charge in [0.1, 0.15) is 11.4 Å². The summed E-state index contributed by atoms with van der Waals surface area (Å²) in [5, 5.41) is 5.87. The molecule has 3 N–H and O–H groups in total. The number of hydrogen-bond donors (Lipinski definition) is 3. The Morgan fingerprint density at radius 2 is 1.86 bits per heavy atom. The number of rotatable bonds is 5. The number of H-pyrrole nitrogens is 1. The Bertz CT molecular complexity index is 1380. The van der Waals surface area contributed by atoms with Crippen LogP contribution in [-0.2, 0) is 16.1 Å². The first kappa shape index (κ1) is 24.5. The quantitative estimate of drug-likeness (QED) is 0.439. The molecule has 0 unspecified atom stereocenters. The first-order chi connectivity index (χ1) is 17.5. The molecule has 2 aliphatic rings. The minimum Gasteiger partial charge on any atom is -0.444 e. The van der Waals surface area contributed by atoms with Gasteiger partial charge in [-0.15, -0.1) is 0 Å². The van der Waals surface area contributed by atoms with E-state index in [4.69, 9.17) is 4.74 Å². The molecule has 0 radical (unpaired) electrons. The highest BCUT2D eigenvalue weighted by Crippen LogP contribution is 2.41. The number of ketones is 1. The standard InChI is InChI=1S/C27H28FN5O4/c1-26(2,3)37-25(36)33-14-18-21(19(34)15-33)23(30-17-7-5-4-6-8-17)22(31-18)16-9-12-29-20(13-16)32-24(35)27(28)10-11-27/h4-9,12-13,30-31H,10-11,14-15H2,1-3H3,(H,29,32,35). The van der Waals surface area contributed by atoms with Gasteiger partial charge in [-0.05, 0) is 57.9 Å². The van der Waals surface area contributed by atoms with Gasteiger partial charge in [0, 0.05) is 23.1 Å². The van der Waals surface area contributed by atoms with Crippen molar-refractivity contribution in [2.45, 2.75) is 51.4 Å². The van der Waals surface area contributed by atoms with Crippen LogP contribution in [0.25, 0.3) is 11.3 Å². The van der Waals surface area contributed by atoms with Crippen molar-refractivity contribution in [3.05, 3.63) is 59.9 Å². The summed E-state index contributed by atoms with van der Waals surface area (Å²) in [6.45, 7) is 5.33. The topological polar surface area (TPSA) is 116 Å². The number of ether oxygens (including phenoxy) is 1. The second-order valence-electron chi connectivity index (χ2n) is 10.3. The maximum atomic E-state index is 14.2. The monoisotopic (exact) mass is 505 g/mol. The SMILES string of the molecule is CC(C)(C)OC(=O)N1CC(=O)c2c([nH]c(-c3ccnc(NC(=O)C4(F)CC4)c3)c2Nc2ccccc2)C1. The van der Waals surface area contributed by atoms with E-state index in [1.807, 2.05) is 30.3 Å². The Kier molecular flexibility index (Phi) is 5.97. The van der Waals surface area contributed by atoms with Gasteiger partial charge in [-0.25, -0.2) is 14.2 Å². The Morgan fingerprint density at radius 1 is 1.14 bits per heavy atom. The lowest BCUT2D eigenvalue weighted by molar-refractivity contribution is -0.122. The predicted molar refractivity (Wildman–Crippen MR) is 136 cm³/mol. The van der Waals surface area contributed by atoms with Crippen LogP contribution in [0.3, 0.4) is 0 Å². The Morgan fingerprint density at radius 3 is 2.54 bits per heavy atom. The van der Waals surface area contributed by atoms with E-state index < -0.39 is 23.3 Å². The number of fused-ring (bicyclic) bond motifs is 1. The van der Waals surface area contributed by atoms with Gasteiger partial charge in [0.25, 0.3) is 5.91 Å². The molecule has 0 atom stereocenters. The number of nitrogens with one attached hydrogen (secondary N) is 3. The smallest absolute Gasteiger partial charge is 0.411 e. The van der Waals surface area contributed by atoms with E-state index in [-0.39, 0.29) is 37.5 Å². The molecule has 5 rings (SSSR count). The lowest BCUT2D eigenvalue weighted by Crippen LogP contribution is -2.42. The summed E-state index contributed by atoms with van der Waals surface area (Å²) in [6, 6.07) is 12.7. The molecule has 192 valence electrons. The van der Waals surface area contributed by atoms with Crippen molar-refractivity contribution in [2.75, 3.05) is 17.2 Å². The maximum Gasteiger partial charge on any atom is 0.411 e.